The van der Waals surface area contributed by atoms with Crippen LogP contribution in [0.1, 0.15) is 127 Å². The second kappa shape index (κ2) is 18.6. The standard InChI is InChI=1S/C30H56O2/c1-25(2)15-10-18-28(7)19-11-20-29(8)21-12-22-30(9,31-23-13-16-26(3)4)32-24-14-17-27(5)6/h15,19,21,26-27H,10-14,16-18,20,22-24H2,1-9H3. The number of rotatable bonds is 19. The Kier molecular flexibility index (Phi) is 18.1. The SMILES string of the molecule is CC(C)=CCCC(C)=CCCC(C)=CCCC(C)(OCCCC(C)C)OCCCC(C)C. The number of ether oxygens (including phenoxy) is 2. The fourth-order valence-corrected chi connectivity index (χ4v) is 3.66. The highest BCUT2D eigenvalue weighted by Crippen LogP contribution is 2.23. The van der Waals surface area contributed by atoms with Gasteiger partial charge in [-0.25, -0.2) is 0 Å². The molecule has 0 atom stereocenters. The first kappa shape index (κ1) is 31.1. The van der Waals surface area contributed by atoms with Gasteiger partial charge in [0.15, 0.2) is 5.79 Å². The number of hydrogen-bond acceptors (Lipinski definition) is 2. The van der Waals surface area contributed by atoms with Crippen LogP contribution in [0.4, 0.5) is 0 Å². The Morgan fingerprint density at radius 3 is 1.56 bits per heavy atom. The Bertz CT molecular complexity index is 531. The molecule has 0 aromatic carbocycles. The fourth-order valence-electron chi connectivity index (χ4n) is 3.66. The van der Waals surface area contributed by atoms with Crippen molar-refractivity contribution in [1.29, 1.82) is 0 Å². The summed E-state index contributed by atoms with van der Waals surface area (Å²) < 4.78 is 12.5. The zero-order valence-corrected chi connectivity index (χ0v) is 23.2. The summed E-state index contributed by atoms with van der Waals surface area (Å²) in [6.07, 6.45) is 18.3. The van der Waals surface area contributed by atoms with Gasteiger partial charge in [0.2, 0.25) is 0 Å². The second-order valence-corrected chi connectivity index (χ2v) is 10.9. The largest absolute Gasteiger partial charge is 0.350 e. The van der Waals surface area contributed by atoms with E-state index in [4.69, 9.17) is 9.47 Å². The summed E-state index contributed by atoms with van der Waals surface area (Å²) in [5.41, 5.74) is 4.39. The minimum Gasteiger partial charge on any atom is -0.350 e. The molecule has 2 nitrogen and oxygen atoms in total. The number of hydrogen-bond donors (Lipinski definition) is 0. The van der Waals surface area contributed by atoms with E-state index in [0.717, 1.165) is 70.0 Å². The van der Waals surface area contributed by atoms with Crippen molar-refractivity contribution >= 4 is 0 Å². The maximum Gasteiger partial charge on any atom is 0.165 e. The van der Waals surface area contributed by atoms with Crippen molar-refractivity contribution < 1.29 is 9.47 Å². The van der Waals surface area contributed by atoms with Gasteiger partial charge in [0, 0.05) is 6.42 Å². The molecule has 0 saturated heterocycles. The minimum absolute atomic E-state index is 0.466. The van der Waals surface area contributed by atoms with Gasteiger partial charge in [0.05, 0.1) is 13.2 Å². The van der Waals surface area contributed by atoms with Gasteiger partial charge in [-0.2, -0.15) is 0 Å². The van der Waals surface area contributed by atoms with Crippen molar-refractivity contribution in [2.75, 3.05) is 13.2 Å². The van der Waals surface area contributed by atoms with Crippen LogP contribution in [0.15, 0.2) is 34.9 Å². The van der Waals surface area contributed by atoms with Crippen LogP contribution in [-0.4, -0.2) is 19.0 Å². The molecular formula is C30H56O2. The van der Waals surface area contributed by atoms with Crippen molar-refractivity contribution in [3.05, 3.63) is 34.9 Å². The van der Waals surface area contributed by atoms with Crippen LogP contribution in [0.25, 0.3) is 0 Å². The molecule has 0 saturated carbocycles. The van der Waals surface area contributed by atoms with Crippen molar-refractivity contribution in [2.24, 2.45) is 11.8 Å². The first-order valence-electron chi connectivity index (χ1n) is 13.3. The van der Waals surface area contributed by atoms with Gasteiger partial charge in [-0.05, 0) is 104 Å². The summed E-state index contributed by atoms with van der Waals surface area (Å²) in [4.78, 5) is 0. The molecule has 0 aromatic rings. The fraction of sp³-hybridized carbons (Fsp3) is 0.800. The predicted molar refractivity (Wildman–Crippen MR) is 143 cm³/mol. The summed E-state index contributed by atoms with van der Waals surface area (Å²) in [6, 6.07) is 0. The third-order valence-electron chi connectivity index (χ3n) is 5.88. The van der Waals surface area contributed by atoms with E-state index in [0.29, 0.717) is 0 Å². The molecule has 2 heteroatoms. The molecule has 0 aromatic heterocycles. The molecule has 0 aliphatic carbocycles. The highest BCUT2D eigenvalue weighted by Gasteiger charge is 2.25. The van der Waals surface area contributed by atoms with E-state index in [9.17, 15) is 0 Å². The summed E-state index contributed by atoms with van der Waals surface area (Å²) >= 11 is 0. The Labute approximate surface area is 201 Å². The number of allylic oxidation sites excluding steroid dienone is 6. The smallest absolute Gasteiger partial charge is 0.165 e. The van der Waals surface area contributed by atoms with Crippen LogP contribution >= 0.6 is 0 Å². The first-order valence-corrected chi connectivity index (χ1v) is 13.3. The zero-order chi connectivity index (χ0) is 24.4. The van der Waals surface area contributed by atoms with Gasteiger partial charge in [-0.15, -0.1) is 0 Å². The Morgan fingerprint density at radius 1 is 0.688 bits per heavy atom. The van der Waals surface area contributed by atoms with Crippen LogP contribution in [-0.2, 0) is 9.47 Å². The highest BCUT2D eigenvalue weighted by molar-refractivity contribution is 5.05. The molecule has 0 bridgehead atoms. The first-order chi connectivity index (χ1) is 15.0. The third kappa shape index (κ3) is 19.8. The lowest BCUT2D eigenvalue weighted by Gasteiger charge is -2.30. The van der Waals surface area contributed by atoms with E-state index in [1.54, 1.807) is 0 Å². The maximum absolute atomic E-state index is 6.27. The molecular weight excluding hydrogens is 392 g/mol. The van der Waals surface area contributed by atoms with E-state index in [1.807, 2.05) is 0 Å². The highest BCUT2D eigenvalue weighted by atomic mass is 16.7. The van der Waals surface area contributed by atoms with E-state index in [-0.39, 0.29) is 0 Å². The summed E-state index contributed by atoms with van der Waals surface area (Å²) in [7, 11) is 0. The van der Waals surface area contributed by atoms with Gasteiger partial charge in [-0.3, -0.25) is 0 Å². The lowest BCUT2D eigenvalue weighted by molar-refractivity contribution is -0.230. The Hall–Kier alpha value is -0.860. The summed E-state index contributed by atoms with van der Waals surface area (Å²) in [5.74, 6) is 0.992. The van der Waals surface area contributed by atoms with Crippen LogP contribution in [0.5, 0.6) is 0 Å². The maximum atomic E-state index is 6.27. The normalized spacial score (nSPS) is 13.3. The van der Waals surface area contributed by atoms with Gasteiger partial charge >= 0.3 is 0 Å². The topological polar surface area (TPSA) is 18.5 Å². The molecule has 188 valence electrons. The lowest BCUT2D eigenvalue weighted by atomic mass is 10.0. The zero-order valence-electron chi connectivity index (χ0n) is 23.2. The third-order valence-corrected chi connectivity index (χ3v) is 5.88. The van der Waals surface area contributed by atoms with Crippen molar-refractivity contribution in [3.63, 3.8) is 0 Å². The molecule has 0 rings (SSSR count). The van der Waals surface area contributed by atoms with Gasteiger partial charge in [0.1, 0.15) is 0 Å². The van der Waals surface area contributed by atoms with E-state index >= 15 is 0 Å². The second-order valence-electron chi connectivity index (χ2n) is 10.9. The molecule has 0 N–H and O–H groups in total. The predicted octanol–water partition coefficient (Wildman–Crippen LogP) is 9.81. The van der Waals surface area contributed by atoms with E-state index in [1.165, 1.54) is 36.0 Å². The van der Waals surface area contributed by atoms with Gasteiger partial charge in [-0.1, -0.05) is 62.6 Å². The minimum atomic E-state index is -0.466. The molecule has 0 heterocycles. The van der Waals surface area contributed by atoms with Gasteiger partial charge < -0.3 is 9.47 Å². The average Bonchev–Trinajstić information content (AvgIpc) is 2.68. The van der Waals surface area contributed by atoms with Crippen molar-refractivity contribution in [3.8, 4) is 0 Å². The summed E-state index contributed by atoms with van der Waals surface area (Å²) in [5, 5.41) is 0. The molecule has 0 spiro atoms. The lowest BCUT2D eigenvalue weighted by Crippen LogP contribution is -2.33. The van der Waals surface area contributed by atoms with E-state index < -0.39 is 5.79 Å². The quantitative estimate of drug-likeness (QED) is 0.111. The molecule has 0 amide bonds. The van der Waals surface area contributed by atoms with Crippen LogP contribution in [0.3, 0.4) is 0 Å². The summed E-state index contributed by atoms with van der Waals surface area (Å²) in [6.45, 7) is 21.7. The molecule has 0 radical (unpaired) electrons. The molecule has 0 aliphatic rings. The van der Waals surface area contributed by atoms with Crippen LogP contribution in [0, 0.1) is 11.8 Å². The van der Waals surface area contributed by atoms with Crippen molar-refractivity contribution in [1.82, 2.24) is 0 Å². The monoisotopic (exact) mass is 448 g/mol. The molecule has 0 aliphatic heterocycles. The molecule has 0 unspecified atom stereocenters. The molecule has 0 fully saturated rings. The van der Waals surface area contributed by atoms with E-state index in [2.05, 4.69) is 80.5 Å². The van der Waals surface area contributed by atoms with Crippen LogP contribution in [0.2, 0.25) is 0 Å². The van der Waals surface area contributed by atoms with Gasteiger partial charge in [0.25, 0.3) is 0 Å². The Morgan fingerprint density at radius 2 is 1.12 bits per heavy atom. The van der Waals surface area contributed by atoms with Crippen LogP contribution < -0.4 is 0 Å². The Balaban J connectivity index is 4.51. The molecule has 32 heavy (non-hydrogen) atoms. The van der Waals surface area contributed by atoms with Crippen molar-refractivity contribution in [2.45, 2.75) is 132 Å². The average molecular weight is 449 g/mol.